The van der Waals surface area contributed by atoms with E-state index in [0.29, 0.717) is 18.0 Å². The van der Waals surface area contributed by atoms with Gasteiger partial charge in [0.15, 0.2) is 5.13 Å². The van der Waals surface area contributed by atoms with Gasteiger partial charge in [-0.2, -0.15) is 0 Å². The van der Waals surface area contributed by atoms with Crippen LogP contribution < -0.4 is 10.6 Å². The predicted molar refractivity (Wildman–Crippen MR) is 88.6 cm³/mol. The Kier molecular flexibility index (Phi) is 7.67. The lowest BCUT2D eigenvalue weighted by atomic mass is 10.0. The molecule has 0 aliphatic heterocycles. The molecule has 1 aromatic rings. The first-order chi connectivity index (χ1) is 10.8. The van der Waals surface area contributed by atoms with Crippen molar-refractivity contribution in [2.45, 2.75) is 52.5 Å². The highest BCUT2D eigenvalue weighted by atomic mass is 32.1. The Morgan fingerprint density at radius 3 is 2.61 bits per heavy atom. The van der Waals surface area contributed by atoms with Crippen LogP contribution in [0.2, 0.25) is 0 Å². The fraction of sp³-hybridized carbons (Fsp3) is 0.600. The van der Waals surface area contributed by atoms with Crippen LogP contribution in [-0.2, 0) is 9.59 Å². The molecule has 0 fully saturated rings. The number of unbranched alkanes of at least 4 members (excludes halogenated alkanes) is 1. The van der Waals surface area contributed by atoms with E-state index in [1.54, 1.807) is 0 Å². The summed E-state index contributed by atoms with van der Waals surface area (Å²) in [6, 6.07) is -0.952. The zero-order chi connectivity index (χ0) is 17.4. The van der Waals surface area contributed by atoms with Crippen LogP contribution in [0.3, 0.4) is 0 Å². The van der Waals surface area contributed by atoms with Crippen molar-refractivity contribution in [1.29, 1.82) is 0 Å². The first kappa shape index (κ1) is 19.1. The summed E-state index contributed by atoms with van der Waals surface area (Å²) >= 11 is 1.14. The SMILES string of the molecule is CCCCC(=O)Nc1nc(C(=O)NC(CC(C)C)C(=O)O)cs1. The Morgan fingerprint density at radius 2 is 2.04 bits per heavy atom. The summed E-state index contributed by atoms with van der Waals surface area (Å²) in [6.45, 7) is 5.76. The zero-order valence-electron chi connectivity index (χ0n) is 13.6. The van der Waals surface area contributed by atoms with E-state index in [-0.39, 0.29) is 17.5 Å². The second kappa shape index (κ2) is 9.24. The third kappa shape index (κ3) is 6.77. The minimum atomic E-state index is -1.07. The molecule has 0 aromatic carbocycles. The summed E-state index contributed by atoms with van der Waals surface area (Å²) in [7, 11) is 0. The quantitative estimate of drug-likeness (QED) is 0.639. The Labute approximate surface area is 139 Å². The lowest BCUT2D eigenvalue weighted by molar-refractivity contribution is -0.139. The summed E-state index contributed by atoms with van der Waals surface area (Å²) in [5.74, 6) is -1.63. The molecule has 7 nitrogen and oxygen atoms in total. The lowest BCUT2D eigenvalue weighted by Gasteiger charge is -2.15. The fourth-order valence-electron chi connectivity index (χ4n) is 1.88. The van der Waals surface area contributed by atoms with Gasteiger partial charge >= 0.3 is 5.97 Å². The fourth-order valence-corrected chi connectivity index (χ4v) is 2.59. The summed E-state index contributed by atoms with van der Waals surface area (Å²) in [6.07, 6.45) is 2.46. The molecule has 0 spiro atoms. The van der Waals surface area contributed by atoms with E-state index in [0.717, 1.165) is 24.2 Å². The van der Waals surface area contributed by atoms with Crippen molar-refractivity contribution in [3.8, 4) is 0 Å². The lowest BCUT2D eigenvalue weighted by Crippen LogP contribution is -2.41. The molecule has 1 aromatic heterocycles. The minimum absolute atomic E-state index is 0.107. The van der Waals surface area contributed by atoms with Gasteiger partial charge in [0.25, 0.3) is 5.91 Å². The van der Waals surface area contributed by atoms with Crippen LogP contribution >= 0.6 is 11.3 Å². The number of anilines is 1. The van der Waals surface area contributed by atoms with Gasteiger partial charge in [0.05, 0.1) is 0 Å². The largest absolute Gasteiger partial charge is 0.480 e. The number of amides is 2. The Bertz CT molecular complexity index is 557. The molecule has 3 N–H and O–H groups in total. The number of carboxylic acid groups (broad SMARTS) is 1. The van der Waals surface area contributed by atoms with Crippen LogP contribution in [0.4, 0.5) is 5.13 Å². The number of nitrogens with zero attached hydrogens (tertiary/aromatic N) is 1. The second-order valence-electron chi connectivity index (χ2n) is 5.68. The molecule has 1 unspecified atom stereocenters. The predicted octanol–water partition coefficient (Wildman–Crippen LogP) is 2.50. The van der Waals surface area contributed by atoms with Crippen molar-refractivity contribution in [2.24, 2.45) is 5.92 Å². The van der Waals surface area contributed by atoms with Crippen LogP contribution in [-0.4, -0.2) is 33.9 Å². The van der Waals surface area contributed by atoms with Crippen LogP contribution in [0, 0.1) is 5.92 Å². The molecular formula is C15H23N3O4S. The summed E-state index contributed by atoms with van der Waals surface area (Å²) in [4.78, 5) is 38.9. The van der Waals surface area contributed by atoms with Gasteiger partial charge in [-0.05, 0) is 18.8 Å². The number of nitrogens with one attached hydrogen (secondary N) is 2. The van der Waals surface area contributed by atoms with Gasteiger partial charge in [-0.25, -0.2) is 9.78 Å². The van der Waals surface area contributed by atoms with Crippen molar-refractivity contribution in [2.75, 3.05) is 5.32 Å². The van der Waals surface area contributed by atoms with Gasteiger partial charge in [-0.15, -0.1) is 11.3 Å². The summed E-state index contributed by atoms with van der Waals surface area (Å²) in [5.41, 5.74) is 0.107. The molecule has 2 amide bonds. The standard InChI is InChI=1S/C15H23N3O4S/c1-4-5-6-12(19)18-15-17-11(8-23-15)13(20)16-10(14(21)22)7-9(2)3/h8-10H,4-7H2,1-3H3,(H,16,20)(H,21,22)(H,17,18,19). The Hall–Kier alpha value is -1.96. The molecule has 1 atom stereocenters. The van der Waals surface area contributed by atoms with Crippen LogP contribution in [0.15, 0.2) is 5.38 Å². The second-order valence-corrected chi connectivity index (χ2v) is 6.54. The van der Waals surface area contributed by atoms with Gasteiger partial charge in [-0.3, -0.25) is 9.59 Å². The molecule has 8 heteroatoms. The first-order valence-corrected chi connectivity index (χ1v) is 8.50. The number of rotatable bonds is 9. The Morgan fingerprint density at radius 1 is 1.35 bits per heavy atom. The molecule has 0 bridgehead atoms. The van der Waals surface area contributed by atoms with Gasteiger partial charge in [0, 0.05) is 11.8 Å². The van der Waals surface area contributed by atoms with Crippen molar-refractivity contribution in [3.63, 3.8) is 0 Å². The van der Waals surface area contributed by atoms with E-state index < -0.39 is 17.9 Å². The number of carboxylic acids is 1. The highest BCUT2D eigenvalue weighted by Crippen LogP contribution is 2.16. The number of thiazole rings is 1. The van der Waals surface area contributed by atoms with Gasteiger partial charge in [-0.1, -0.05) is 27.2 Å². The molecule has 1 rings (SSSR count). The van der Waals surface area contributed by atoms with E-state index >= 15 is 0 Å². The third-order valence-corrected chi connectivity index (χ3v) is 3.81. The maximum atomic E-state index is 12.1. The normalized spacial score (nSPS) is 12.0. The number of hydrogen-bond acceptors (Lipinski definition) is 5. The average Bonchev–Trinajstić information content (AvgIpc) is 2.92. The number of aromatic nitrogens is 1. The molecule has 0 aliphatic carbocycles. The van der Waals surface area contributed by atoms with E-state index in [1.165, 1.54) is 5.38 Å². The molecule has 128 valence electrons. The van der Waals surface area contributed by atoms with Crippen molar-refractivity contribution in [3.05, 3.63) is 11.1 Å². The molecule has 1 heterocycles. The van der Waals surface area contributed by atoms with Crippen molar-refractivity contribution in [1.82, 2.24) is 10.3 Å². The van der Waals surface area contributed by atoms with Gasteiger partial charge in [0.2, 0.25) is 5.91 Å². The molecule has 0 saturated heterocycles. The summed E-state index contributed by atoms with van der Waals surface area (Å²) < 4.78 is 0. The Balaban J connectivity index is 2.63. The van der Waals surface area contributed by atoms with Crippen LogP contribution in [0.5, 0.6) is 0 Å². The molecular weight excluding hydrogens is 318 g/mol. The van der Waals surface area contributed by atoms with Crippen molar-refractivity contribution >= 4 is 34.3 Å². The molecule has 0 aliphatic rings. The zero-order valence-corrected chi connectivity index (χ0v) is 14.4. The first-order valence-electron chi connectivity index (χ1n) is 7.62. The van der Waals surface area contributed by atoms with Gasteiger partial charge in [0.1, 0.15) is 11.7 Å². The van der Waals surface area contributed by atoms with E-state index in [2.05, 4.69) is 15.6 Å². The maximum absolute atomic E-state index is 12.1. The third-order valence-electron chi connectivity index (χ3n) is 3.05. The maximum Gasteiger partial charge on any atom is 0.326 e. The average molecular weight is 341 g/mol. The number of carbonyl (C=O) groups is 3. The highest BCUT2D eigenvalue weighted by Gasteiger charge is 2.23. The minimum Gasteiger partial charge on any atom is -0.480 e. The molecule has 23 heavy (non-hydrogen) atoms. The smallest absolute Gasteiger partial charge is 0.326 e. The number of aliphatic carboxylic acids is 1. The monoisotopic (exact) mass is 341 g/mol. The topological polar surface area (TPSA) is 108 Å². The van der Waals surface area contributed by atoms with Crippen LogP contribution in [0.25, 0.3) is 0 Å². The summed E-state index contributed by atoms with van der Waals surface area (Å²) in [5, 5.41) is 16.1. The molecule has 0 radical (unpaired) electrons. The number of hydrogen-bond donors (Lipinski definition) is 3. The molecule has 0 saturated carbocycles. The van der Waals surface area contributed by atoms with E-state index in [9.17, 15) is 14.4 Å². The number of carbonyl (C=O) groups excluding carboxylic acids is 2. The van der Waals surface area contributed by atoms with E-state index in [4.69, 9.17) is 5.11 Å². The highest BCUT2D eigenvalue weighted by molar-refractivity contribution is 7.14. The van der Waals surface area contributed by atoms with E-state index in [1.807, 2.05) is 20.8 Å². The van der Waals surface area contributed by atoms with Crippen LogP contribution in [0.1, 0.15) is 56.9 Å². The van der Waals surface area contributed by atoms with Crippen molar-refractivity contribution < 1.29 is 19.5 Å². The van der Waals surface area contributed by atoms with Gasteiger partial charge < -0.3 is 15.7 Å².